The molecule has 1 aliphatic rings. The molecule has 1 aliphatic heterocycles. The van der Waals surface area contributed by atoms with Crippen molar-refractivity contribution in [2.75, 3.05) is 32.7 Å². The van der Waals surface area contributed by atoms with Crippen molar-refractivity contribution in [2.24, 2.45) is 0 Å². The number of aliphatic hydroxyl groups excluding tert-OH is 1. The van der Waals surface area contributed by atoms with Gasteiger partial charge >= 0.3 is 0 Å². The van der Waals surface area contributed by atoms with Crippen LogP contribution < -0.4 is 0 Å². The molecular formula is C18H28N2O. The highest BCUT2D eigenvalue weighted by Crippen LogP contribution is 2.13. The lowest BCUT2D eigenvalue weighted by Gasteiger charge is -2.41. The van der Waals surface area contributed by atoms with Crippen LogP contribution in [0.25, 0.3) is 6.08 Å². The lowest BCUT2D eigenvalue weighted by molar-refractivity contribution is 0.0409. The molecule has 0 radical (unpaired) electrons. The molecule has 0 aromatic heterocycles. The Kier molecular flexibility index (Phi) is 6.43. The Morgan fingerprint density at radius 2 is 2.05 bits per heavy atom. The molecule has 2 rings (SSSR count). The number of nitrogens with zero attached hydrogens (tertiary/aromatic N) is 2. The van der Waals surface area contributed by atoms with Gasteiger partial charge in [0, 0.05) is 38.8 Å². The zero-order chi connectivity index (χ0) is 15.1. The normalized spacial score (nSPS) is 22.7. The Morgan fingerprint density at radius 1 is 1.29 bits per heavy atom. The molecule has 2 atom stereocenters. The molecule has 0 saturated carbocycles. The molecule has 3 nitrogen and oxygen atoms in total. The summed E-state index contributed by atoms with van der Waals surface area (Å²) in [5.41, 5.74) is 1.26. The van der Waals surface area contributed by atoms with E-state index in [0.29, 0.717) is 6.04 Å². The standard InChI is InChI=1S/C18H28N2O/c1-3-18-15-19(12-13-20(18)14-16(2)21)11-7-10-17-8-5-4-6-9-17/h4-10,16,18,21H,3,11-15H2,1-2H3/b10-7+. The molecule has 116 valence electrons. The highest BCUT2D eigenvalue weighted by molar-refractivity contribution is 5.48. The zero-order valence-corrected chi connectivity index (χ0v) is 13.3. The number of rotatable bonds is 6. The third-order valence-electron chi connectivity index (χ3n) is 4.13. The van der Waals surface area contributed by atoms with Crippen molar-refractivity contribution in [2.45, 2.75) is 32.4 Å². The molecule has 1 aromatic rings. The fourth-order valence-electron chi connectivity index (χ4n) is 2.99. The Labute approximate surface area is 128 Å². The SMILES string of the molecule is CCC1CN(C/C=C/c2ccccc2)CCN1CC(C)O. The molecule has 0 spiro atoms. The second kappa shape index (κ2) is 8.32. The van der Waals surface area contributed by atoms with E-state index in [4.69, 9.17) is 0 Å². The average molecular weight is 288 g/mol. The molecule has 1 aromatic carbocycles. The molecule has 0 amide bonds. The van der Waals surface area contributed by atoms with Crippen molar-refractivity contribution < 1.29 is 5.11 Å². The first-order chi connectivity index (χ1) is 10.2. The van der Waals surface area contributed by atoms with Crippen molar-refractivity contribution in [3.63, 3.8) is 0 Å². The van der Waals surface area contributed by atoms with Gasteiger partial charge in [0.2, 0.25) is 0 Å². The monoisotopic (exact) mass is 288 g/mol. The van der Waals surface area contributed by atoms with Crippen molar-refractivity contribution in [1.29, 1.82) is 0 Å². The summed E-state index contributed by atoms with van der Waals surface area (Å²) in [4.78, 5) is 4.94. The Bertz CT molecular complexity index is 430. The summed E-state index contributed by atoms with van der Waals surface area (Å²) in [5, 5.41) is 9.58. The van der Waals surface area contributed by atoms with E-state index in [2.05, 4.69) is 53.1 Å². The van der Waals surface area contributed by atoms with E-state index in [9.17, 15) is 5.11 Å². The van der Waals surface area contributed by atoms with Crippen LogP contribution in [0.2, 0.25) is 0 Å². The van der Waals surface area contributed by atoms with Gasteiger partial charge in [-0.2, -0.15) is 0 Å². The van der Waals surface area contributed by atoms with Gasteiger partial charge in [0.15, 0.2) is 0 Å². The average Bonchev–Trinajstić information content (AvgIpc) is 2.49. The summed E-state index contributed by atoms with van der Waals surface area (Å²) in [5.74, 6) is 0. The maximum absolute atomic E-state index is 9.58. The van der Waals surface area contributed by atoms with Crippen LogP contribution in [0, 0.1) is 0 Å². The molecule has 0 aliphatic carbocycles. The van der Waals surface area contributed by atoms with Gasteiger partial charge in [-0.15, -0.1) is 0 Å². The van der Waals surface area contributed by atoms with Gasteiger partial charge in [-0.1, -0.05) is 49.4 Å². The van der Waals surface area contributed by atoms with Crippen LogP contribution in [0.5, 0.6) is 0 Å². The summed E-state index contributed by atoms with van der Waals surface area (Å²) in [6.07, 6.45) is 5.37. The van der Waals surface area contributed by atoms with E-state index in [1.54, 1.807) is 0 Å². The van der Waals surface area contributed by atoms with Crippen LogP contribution >= 0.6 is 0 Å². The molecular weight excluding hydrogens is 260 g/mol. The summed E-state index contributed by atoms with van der Waals surface area (Å²) in [6.45, 7) is 9.16. The Hall–Kier alpha value is -1.16. The molecule has 0 bridgehead atoms. The number of hydrogen-bond acceptors (Lipinski definition) is 3. The van der Waals surface area contributed by atoms with Crippen LogP contribution in [-0.4, -0.2) is 59.8 Å². The van der Waals surface area contributed by atoms with Gasteiger partial charge < -0.3 is 5.11 Å². The number of piperazine rings is 1. The zero-order valence-electron chi connectivity index (χ0n) is 13.3. The van der Waals surface area contributed by atoms with E-state index >= 15 is 0 Å². The molecule has 1 N–H and O–H groups in total. The van der Waals surface area contributed by atoms with Crippen molar-refractivity contribution in [3.8, 4) is 0 Å². The Balaban J connectivity index is 1.82. The first kappa shape index (κ1) is 16.2. The fraction of sp³-hybridized carbons (Fsp3) is 0.556. The van der Waals surface area contributed by atoms with Crippen LogP contribution in [-0.2, 0) is 0 Å². The number of β-amino-alcohol motifs (C(OH)–C–C–N with tert-alkyl or cyclic N) is 1. The summed E-state index contributed by atoms with van der Waals surface area (Å²) < 4.78 is 0. The molecule has 1 saturated heterocycles. The highest BCUT2D eigenvalue weighted by atomic mass is 16.3. The minimum atomic E-state index is -0.233. The molecule has 1 heterocycles. The maximum atomic E-state index is 9.58. The third-order valence-corrected chi connectivity index (χ3v) is 4.13. The largest absolute Gasteiger partial charge is 0.392 e. The first-order valence-electron chi connectivity index (χ1n) is 8.05. The summed E-state index contributed by atoms with van der Waals surface area (Å²) in [7, 11) is 0. The predicted molar refractivity (Wildman–Crippen MR) is 89.2 cm³/mol. The van der Waals surface area contributed by atoms with E-state index in [-0.39, 0.29) is 6.10 Å². The second-order valence-electron chi connectivity index (χ2n) is 5.98. The van der Waals surface area contributed by atoms with Crippen LogP contribution in [0.3, 0.4) is 0 Å². The van der Waals surface area contributed by atoms with E-state index in [0.717, 1.165) is 39.1 Å². The van der Waals surface area contributed by atoms with Gasteiger partial charge in [-0.25, -0.2) is 0 Å². The van der Waals surface area contributed by atoms with Crippen LogP contribution in [0.15, 0.2) is 36.4 Å². The van der Waals surface area contributed by atoms with E-state index in [1.165, 1.54) is 5.56 Å². The number of aliphatic hydroxyl groups is 1. The van der Waals surface area contributed by atoms with Crippen molar-refractivity contribution in [3.05, 3.63) is 42.0 Å². The van der Waals surface area contributed by atoms with E-state index in [1.807, 2.05) is 13.0 Å². The predicted octanol–water partition coefficient (Wildman–Crippen LogP) is 2.48. The fourth-order valence-corrected chi connectivity index (χ4v) is 2.99. The topological polar surface area (TPSA) is 26.7 Å². The highest BCUT2D eigenvalue weighted by Gasteiger charge is 2.25. The number of benzene rings is 1. The quantitative estimate of drug-likeness (QED) is 0.871. The third kappa shape index (κ3) is 5.27. The minimum Gasteiger partial charge on any atom is -0.392 e. The second-order valence-corrected chi connectivity index (χ2v) is 5.98. The van der Waals surface area contributed by atoms with Crippen LogP contribution in [0.4, 0.5) is 0 Å². The first-order valence-corrected chi connectivity index (χ1v) is 8.05. The lowest BCUT2D eigenvalue weighted by atomic mass is 10.1. The van der Waals surface area contributed by atoms with Gasteiger partial charge in [-0.3, -0.25) is 9.80 Å². The lowest BCUT2D eigenvalue weighted by Crippen LogP contribution is -2.54. The molecule has 2 unspecified atom stereocenters. The van der Waals surface area contributed by atoms with E-state index < -0.39 is 0 Å². The van der Waals surface area contributed by atoms with Crippen molar-refractivity contribution >= 4 is 6.08 Å². The van der Waals surface area contributed by atoms with Gasteiger partial charge in [0.1, 0.15) is 0 Å². The van der Waals surface area contributed by atoms with Crippen molar-refractivity contribution in [1.82, 2.24) is 9.80 Å². The molecule has 1 fully saturated rings. The Morgan fingerprint density at radius 3 is 2.71 bits per heavy atom. The summed E-state index contributed by atoms with van der Waals surface area (Å²) in [6, 6.07) is 11.0. The van der Waals surface area contributed by atoms with Gasteiger partial charge in [-0.05, 0) is 18.9 Å². The molecule has 21 heavy (non-hydrogen) atoms. The smallest absolute Gasteiger partial charge is 0.0639 e. The van der Waals surface area contributed by atoms with Gasteiger partial charge in [0.25, 0.3) is 0 Å². The minimum absolute atomic E-state index is 0.233. The maximum Gasteiger partial charge on any atom is 0.0639 e. The molecule has 3 heteroatoms. The van der Waals surface area contributed by atoms with Gasteiger partial charge in [0.05, 0.1) is 6.10 Å². The summed E-state index contributed by atoms with van der Waals surface area (Å²) >= 11 is 0. The van der Waals surface area contributed by atoms with Crippen LogP contribution in [0.1, 0.15) is 25.8 Å². The number of hydrogen-bond donors (Lipinski definition) is 1.